The number of rotatable bonds is 8. The summed E-state index contributed by atoms with van der Waals surface area (Å²) >= 11 is 0. The zero-order valence-electron chi connectivity index (χ0n) is 14.1. The SMILES string of the molecule is CCOC(=O)C[C@@H](NC(=O)c1cnc(OCC)cn1)c1cccnc1. The zero-order chi connectivity index (χ0) is 18.1. The first-order valence-electron chi connectivity index (χ1n) is 7.95. The van der Waals surface area contributed by atoms with Crippen LogP contribution in [0.4, 0.5) is 0 Å². The third kappa shape index (κ3) is 5.52. The van der Waals surface area contributed by atoms with Gasteiger partial charge in [-0.3, -0.25) is 14.6 Å². The monoisotopic (exact) mass is 344 g/mol. The molecular weight excluding hydrogens is 324 g/mol. The average Bonchev–Trinajstić information content (AvgIpc) is 2.63. The van der Waals surface area contributed by atoms with Gasteiger partial charge < -0.3 is 14.8 Å². The summed E-state index contributed by atoms with van der Waals surface area (Å²) in [4.78, 5) is 36.3. The molecule has 0 aliphatic carbocycles. The van der Waals surface area contributed by atoms with Gasteiger partial charge in [0, 0.05) is 12.4 Å². The third-order valence-electron chi connectivity index (χ3n) is 3.22. The molecule has 1 amide bonds. The Balaban J connectivity index is 2.12. The van der Waals surface area contributed by atoms with Gasteiger partial charge in [0.05, 0.1) is 38.1 Å². The van der Waals surface area contributed by atoms with Crippen molar-refractivity contribution in [1.82, 2.24) is 20.3 Å². The van der Waals surface area contributed by atoms with E-state index in [9.17, 15) is 9.59 Å². The molecule has 0 aliphatic heterocycles. The minimum absolute atomic E-state index is 0.00423. The number of aromatic nitrogens is 3. The van der Waals surface area contributed by atoms with Gasteiger partial charge in [0.25, 0.3) is 5.91 Å². The number of hydrogen-bond donors (Lipinski definition) is 1. The predicted molar refractivity (Wildman–Crippen MR) is 88.9 cm³/mol. The highest BCUT2D eigenvalue weighted by Crippen LogP contribution is 2.17. The van der Waals surface area contributed by atoms with Gasteiger partial charge in [0.2, 0.25) is 5.88 Å². The van der Waals surface area contributed by atoms with E-state index in [-0.39, 0.29) is 18.7 Å². The second-order valence-electron chi connectivity index (χ2n) is 4.99. The first-order chi connectivity index (χ1) is 12.1. The number of nitrogens with zero attached hydrogens (tertiary/aromatic N) is 3. The maximum atomic E-state index is 12.4. The van der Waals surface area contributed by atoms with Gasteiger partial charge in [-0.2, -0.15) is 0 Å². The molecule has 0 aliphatic rings. The summed E-state index contributed by atoms with van der Waals surface area (Å²) in [7, 11) is 0. The molecule has 1 N–H and O–H groups in total. The van der Waals surface area contributed by atoms with Gasteiger partial charge in [0.1, 0.15) is 5.69 Å². The molecule has 0 saturated heterocycles. The van der Waals surface area contributed by atoms with Crippen LogP contribution in [0.5, 0.6) is 5.88 Å². The van der Waals surface area contributed by atoms with E-state index in [1.807, 2.05) is 6.92 Å². The first kappa shape index (κ1) is 18.3. The molecule has 2 rings (SSSR count). The van der Waals surface area contributed by atoms with Crippen molar-refractivity contribution in [2.24, 2.45) is 0 Å². The quantitative estimate of drug-likeness (QED) is 0.727. The standard InChI is InChI=1S/C17H20N4O4/c1-3-24-15-11-19-14(10-20-15)17(23)21-13(8-16(22)25-4-2)12-6-5-7-18-9-12/h5-7,9-11,13H,3-4,8H2,1-2H3,(H,21,23)/t13-/m1/s1. The molecule has 8 heteroatoms. The molecule has 0 aromatic carbocycles. The van der Waals surface area contributed by atoms with Crippen LogP contribution in [0.2, 0.25) is 0 Å². The summed E-state index contributed by atoms with van der Waals surface area (Å²) < 4.78 is 10.2. The van der Waals surface area contributed by atoms with E-state index in [0.29, 0.717) is 18.1 Å². The van der Waals surface area contributed by atoms with Crippen molar-refractivity contribution >= 4 is 11.9 Å². The molecule has 0 saturated carbocycles. The molecule has 0 radical (unpaired) electrons. The molecule has 132 valence electrons. The van der Waals surface area contributed by atoms with Crippen LogP contribution < -0.4 is 10.1 Å². The van der Waals surface area contributed by atoms with Crippen molar-refractivity contribution in [3.8, 4) is 5.88 Å². The molecule has 2 aromatic heterocycles. The molecule has 8 nitrogen and oxygen atoms in total. The van der Waals surface area contributed by atoms with Crippen molar-refractivity contribution in [1.29, 1.82) is 0 Å². The predicted octanol–water partition coefficient (Wildman–Crippen LogP) is 1.69. The average molecular weight is 344 g/mol. The lowest BCUT2D eigenvalue weighted by Gasteiger charge is -2.18. The molecule has 2 heterocycles. The van der Waals surface area contributed by atoms with Crippen LogP contribution in [0.25, 0.3) is 0 Å². The van der Waals surface area contributed by atoms with Gasteiger partial charge in [-0.15, -0.1) is 0 Å². The lowest BCUT2D eigenvalue weighted by atomic mass is 10.1. The summed E-state index contributed by atoms with van der Waals surface area (Å²) in [6.07, 6.45) is 5.91. The van der Waals surface area contributed by atoms with Gasteiger partial charge >= 0.3 is 5.97 Å². The normalized spacial score (nSPS) is 11.4. The van der Waals surface area contributed by atoms with Crippen LogP contribution in [0.15, 0.2) is 36.9 Å². The van der Waals surface area contributed by atoms with E-state index in [4.69, 9.17) is 9.47 Å². The number of ether oxygens (including phenoxy) is 2. The maximum Gasteiger partial charge on any atom is 0.308 e. The largest absolute Gasteiger partial charge is 0.477 e. The summed E-state index contributed by atoms with van der Waals surface area (Å²) in [5.74, 6) is -0.516. The Morgan fingerprint density at radius 1 is 1.16 bits per heavy atom. The van der Waals surface area contributed by atoms with E-state index in [1.54, 1.807) is 31.5 Å². The third-order valence-corrected chi connectivity index (χ3v) is 3.22. The summed E-state index contributed by atoms with van der Waals surface area (Å²) in [6, 6.07) is 2.94. The Bertz CT molecular complexity index is 692. The fraction of sp³-hybridized carbons (Fsp3) is 0.353. The molecule has 0 unspecified atom stereocenters. The molecule has 25 heavy (non-hydrogen) atoms. The topological polar surface area (TPSA) is 103 Å². The van der Waals surface area contributed by atoms with E-state index < -0.39 is 17.9 Å². The maximum absolute atomic E-state index is 12.4. The Morgan fingerprint density at radius 2 is 2.00 bits per heavy atom. The number of esters is 1. The molecule has 0 bridgehead atoms. The highest BCUT2D eigenvalue weighted by atomic mass is 16.5. The van der Waals surface area contributed by atoms with Crippen LogP contribution in [-0.2, 0) is 9.53 Å². The Kier molecular flexibility index (Phi) is 6.82. The zero-order valence-corrected chi connectivity index (χ0v) is 14.1. The van der Waals surface area contributed by atoms with E-state index >= 15 is 0 Å². The number of amides is 1. The Hall–Kier alpha value is -3.03. The van der Waals surface area contributed by atoms with Gasteiger partial charge in [-0.05, 0) is 25.5 Å². The van der Waals surface area contributed by atoms with Crippen molar-refractivity contribution in [2.45, 2.75) is 26.3 Å². The van der Waals surface area contributed by atoms with E-state index in [0.717, 1.165) is 0 Å². The minimum atomic E-state index is -0.575. The fourth-order valence-electron chi connectivity index (χ4n) is 2.11. The lowest BCUT2D eigenvalue weighted by molar-refractivity contribution is -0.143. The summed E-state index contributed by atoms with van der Waals surface area (Å²) in [5, 5.41) is 2.77. The second kappa shape index (κ2) is 9.31. The van der Waals surface area contributed by atoms with Crippen molar-refractivity contribution < 1.29 is 19.1 Å². The highest BCUT2D eigenvalue weighted by Gasteiger charge is 2.21. The number of carbonyl (C=O) groups is 2. The van der Waals surface area contributed by atoms with Crippen molar-refractivity contribution in [2.75, 3.05) is 13.2 Å². The molecule has 0 spiro atoms. The highest BCUT2D eigenvalue weighted by molar-refractivity contribution is 5.92. The molecule has 0 fully saturated rings. The van der Waals surface area contributed by atoms with Gasteiger partial charge in [-0.1, -0.05) is 6.07 Å². The molecule has 2 aromatic rings. The Morgan fingerprint density at radius 3 is 2.60 bits per heavy atom. The first-order valence-corrected chi connectivity index (χ1v) is 7.95. The van der Waals surface area contributed by atoms with Crippen LogP contribution >= 0.6 is 0 Å². The summed E-state index contributed by atoms with van der Waals surface area (Å²) in [5.41, 5.74) is 0.823. The number of pyridine rings is 1. The van der Waals surface area contributed by atoms with E-state index in [2.05, 4.69) is 20.3 Å². The van der Waals surface area contributed by atoms with Crippen molar-refractivity contribution in [3.63, 3.8) is 0 Å². The lowest BCUT2D eigenvalue weighted by Crippen LogP contribution is -2.31. The minimum Gasteiger partial charge on any atom is -0.477 e. The second-order valence-corrected chi connectivity index (χ2v) is 4.99. The van der Waals surface area contributed by atoms with Crippen molar-refractivity contribution in [3.05, 3.63) is 48.2 Å². The number of hydrogen-bond acceptors (Lipinski definition) is 7. The fourth-order valence-corrected chi connectivity index (χ4v) is 2.11. The van der Waals surface area contributed by atoms with Gasteiger partial charge in [-0.25, -0.2) is 9.97 Å². The van der Waals surface area contributed by atoms with Crippen LogP contribution in [0.1, 0.15) is 42.4 Å². The Labute approximate surface area is 145 Å². The van der Waals surface area contributed by atoms with Crippen LogP contribution in [0.3, 0.4) is 0 Å². The smallest absolute Gasteiger partial charge is 0.308 e. The van der Waals surface area contributed by atoms with E-state index in [1.165, 1.54) is 12.4 Å². The molecule has 1 atom stereocenters. The van der Waals surface area contributed by atoms with Crippen LogP contribution in [0, 0.1) is 0 Å². The van der Waals surface area contributed by atoms with Crippen LogP contribution in [-0.4, -0.2) is 40.0 Å². The number of nitrogens with one attached hydrogen (secondary N) is 1. The molecular formula is C17H20N4O4. The number of carbonyl (C=O) groups excluding carboxylic acids is 2. The van der Waals surface area contributed by atoms with Gasteiger partial charge in [0.15, 0.2) is 0 Å². The summed E-state index contributed by atoms with van der Waals surface area (Å²) in [6.45, 7) is 4.29.